The standard InChI is InChI=1S/C18H29ClN4O2.HI/c1-20-18(21-7-4-12-25-14-13-24-2)23-10-8-22(9-11-23)17-6-3-5-16(19)15-17;/h3,5-6,15H,4,7-14H2,1-2H3,(H,20,21);1H. The zero-order chi connectivity index (χ0) is 17.9. The molecule has 0 saturated carbocycles. The summed E-state index contributed by atoms with van der Waals surface area (Å²) in [6, 6.07) is 8.04. The minimum atomic E-state index is 0. The Morgan fingerprint density at radius 3 is 2.62 bits per heavy atom. The maximum Gasteiger partial charge on any atom is 0.193 e. The highest BCUT2D eigenvalue weighted by atomic mass is 127. The SMILES string of the molecule is CN=C(NCCCOCCOC)N1CCN(c2cccc(Cl)c2)CC1.I. The third kappa shape index (κ3) is 7.85. The fourth-order valence-electron chi connectivity index (χ4n) is 2.80. The number of rotatable bonds is 8. The molecule has 0 aromatic heterocycles. The molecule has 0 unspecified atom stereocenters. The van der Waals surface area contributed by atoms with Crippen molar-refractivity contribution >= 4 is 47.2 Å². The van der Waals surface area contributed by atoms with Crippen LogP contribution in [0.5, 0.6) is 0 Å². The number of aliphatic imine (C=N–C) groups is 1. The number of guanidine groups is 1. The third-order valence-corrected chi connectivity index (χ3v) is 4.38. The minimum absolute atomic E-state index is 0. The molecule has 0 aliphatic carbocycles. The van der Waals surface area contributed by atoms with Crippen molar-refractivity contribution in [3.8, 4) is 0 Å². The Hall–Kier alpha value is -0.770. The lowest BCUT2D eigenvalue weighted by atomic mass is 10.2. The van der Waals surface area contributed by atoms with Crippen LogP contribution in [0.15, 0.2) is 29.3 Å². The van der Waals surface area contributed by atoms with Gasteiger partial charge in [0.1, 0.15) is 0 Å². The highest BCUT2D eigenvalue weighted by Gasteiger charge is 2.19. The summed E-state index contributed by atoms with van der Waals surface area (Å²) in [4.78, 5) is 9.06. The van der Waals surface area contributed by atoms with Gasteiger partial charge in [-0.2, -0.15) is 0 Å². The summed E-state index contributed by atoms with van der Waals surface area (Å²) in [7, 11) is 3.52. The first-order valence-corrected chi connectivity index (χ1v) is 9.15. The van der Waals surface area contributed by atoms with Crippen molar-refractivity contribution in [3.63, 3.8) is 0 Å². The van der Waals surface area contributed by atoms with E-state index in [0.717, 1.165) is 56.7 Å². The van der Waals surface area contributed by atoms with Gasteiger partial charge in [0.2, 0.25) is 0 Å². The van der Waals surface area contributed by atoms with Crippen LogP contribution in [0.25, 0.3) is 0 Å². The van der Waals surface area contributed by atoms with Crippen LogP contribution in [0, 0.1) is 0 Å². The van der Waals surface area contributed by atoms with Crippen molar-refractivity contribution in [3.05, 3.63) is 29.3 Å². The number of anilines is 1. The zero-order valence-corrected chi connectivity index (χ0v) is 18.7. The van der Waals surface area contributed by atoms with Crippen LogP contribution in [-0.2, 0) is 9.47 Å². The van der Waals surface area contributed by atoms with E-state index in [0.29, 0.717) is 13.2 Å². The van der Waals surface area contributed by atoms with E-state index in [9.17, 15) is 0 Å². The molecule has 0 bridgehead atoms. The van der Waals surface area contributed by atoms with Crippen LogP contribution in [0.4, 0.5) is 5.69 Å². The minimum Gasteiger partial charge on any atom is -0.382 e. The maximum atomic E-state index is 6.09. The quantitative estimate of drug-likeness (QED) is 0.260. The lowest BCUT2D eigenvalue weighted by Crippen LogP contribution is -2.52. The normalized spacial score (nSPS) is 15.0. The third-order valence-electron chi connectivity index (χ3n) is 4.14. The van der Waals surface area contributed by atoms with E-state index in [1.54, 1.807) is 7.11 Å². The number of halogens is 2. The summed E-state index contributed by atoms with van der Waals surface area (Å²) in [5.74, 6) is 0.961. The first-order valence-electron chi connectivity index (χ1n) is 8.77. The second-order valence-corrected chi connectivity index (χ2v) is 6.32. The average molecular weight is 497 g/mol. The van der Waals surface area contributed by atoms with Crippen molar-refractivity contribution in [1.82, 2.24) is 10.2 Å². The van der Waals surface area contributed by atoms with E-state index in [-0.39, 0.29) is 24.0 Å². The number of hydrogen-bond donors (Lipinski definition) is 1. The van der Waals surface area contributed by atoms with Crippen LogP contribution in [-0.4, -0.2) is 77.6 Å². The lowest BCUT2D eigenvalue weighted by molar-refractivity contribution is 0.0698. The Morgan fingerprint density at radius 1 is 1.19 bits per heavy atom. The van der Waals surface area contributed by atoms with Gasteiger partial charge in [-0.15, -0.1) is 24.0 Å². The number of nitrogens with one attached hydrogen (secondary N) is 1. The number of ether oxygens (including phenoxy) is 2. The molecule has 1 aliphatic heterocycles. The highest BCUT2D eigenvalue weighted by molar-refractivity contribution is 14.0. The molecule has 1 fully saturated rings. The predicted molar refractivity (Wildman–Crippen MR) is 119 cm³/mol. The van der Waals surface area contributed by atoms with Gasteiger partial charge >= 0.3 is 0 Å². The van der Waals surface area contributed by atoms with E-state index >= 15 is 0 Å². The molecule has 1 aromatic carbocycles. The lowest BCUT2D eigenvalue weighted by Gasteiger charge is -2.37. The molecule has 26 heavy (non-hydrogen) atoms. The van der Waals surface area contributed by atoms with Crippen molar-refractivity contribution in [2.24, 2.45) is 4.99 Å². The van der Waals surface area contributed by atoms with E-state index in [2.05, 4.69) is 26.2 Å². The van der Waals surface area contributed by atoms with E-state index in [4.69, 9.17) is 21.1 Å². The van der Waals surface area contributed by atoms with E-state index < -0.39 is 0 Å². The van der Waals surface area contributed by atoms with Gasteiger partial charge < -0.3 is 24.6 Å². The molecular formula is C18H30ClIN4O2. The fraction of sp³-hybridized carbons (Fsp3) is 0.611. The zero-order valence-electron chi connectivity index (χ0n) is 15.6. The van der Waals surface area contributed by atoms with Crippen molar-refractivity contribution in [2.45, 2.75) is 6.42 Å². The van der Waals surface area contributed by atoms with Gasteiger partial charge in [-0.25, -0.2) is 0 Å². The summed E-state index contributed by atoms with van der Waals surface area (Å²) in [6.45, 7) is 6.68. The van der Waals surface area contributed by atoms with Gasteiger partial charge in [0.25, 0.3) is 0 Å². The Morgan fingerprint density at radius 2 is 1.96 bits per heavy atom. The van der Waals surface area contributed by atoms with Crippen LogP contribution in [0.3, 0.4) is 0 Å². The largest absolute Gasteiger partial charge is 0.382 e. The van der Waals surface area contributed by atoms with Gasteiger partial charge in [-0.3, -0.25) is 4.99 Å². The molecule has 1 N–H and O–H groups in total. The molecule has 0 radical (unpaired) electrons. The summed E-state index contributed by atoms with van der Waals surface area (Å²) >= 11 is 6.09. The number of benzene rings is 1. The van der Waals surface area contributed by atoms with Crippen molar-refractivity contribution < 1.29 is 9.47 Å². The summed E-state index contributed by atoms with van der Waals surface area (Å²) in [5, 5.41) is 4.20. The Balaban J connectivity index is 0.00000338. The number of hydrogen-bond acceptors (Lipinski definition) is 4. The van der Waals surface area contributed by atoms with Crippen molar-refractivity contribution in [2.75, 3.05) is 71.6 Å². The fourth-order valence-corrected chi connectivity index (χ4v) is 2.98. The molecule has 1 aliphatic rings. The van der Waals surface area contributed by atoms with Crippen molar-refractivity contribution in [1.29, 1.82) is 0 Å². The van der Waals surface area contributed by atoms with Crippen LogP contribution < -0.4 is 10.2 Å². The smallest absolute Gasteiger partial charge is 0.193 e. The first kappa shape index (κ1) is 23.3. The first-order chi connectivity index (χ1) is 12.2. The van der Waals surface area contributed by atoms with Gasteiger partial charge in [-0.05, 0) is 24.6 Å². The molecule has 0 atom stereocenters. The molecule has 1 saturated heterocycles. The number of nitrogens with zero attached hydrogens (tertiary/aromatic N) is 3. The molecule has 148 valence electrons. The molecule has 6 nitrogen and oxygen atoms in total. The Kier molecular flexibility index (Phi) is 12.0. The molecular weight excluding hydrogens is 467 g/mol. The Labute approximate surface area is 178 Å². The molecule has 0 spiro atoms. The van der Waals surface area contributed by atoms with Crippen LogP contribution in [0.2, 0.25) is 5.02 Å². The van der Waals surface area contributed by atoms with Gasteiger partial charge in [0.05, 0.1) is 13.2 Å². The second kappa shape index (κ2) is 13.4. The van der Waals surface area contributed by atoms with Gasteiger partial charge in [-0.1, -0.05) is 17.7 Å². The number of piperazine rings is 1. The van der Waals surface area contributed by atoms with E-state index in [1.807, 2.05) is 25.2 Å². The molecule has 1 aromatic rings. The molecule has 8 heteroatoms. The molecule has 1 heterocycles. The number of methoxy groups -OCH3 is 1. The predicted octanol–water partition coefficient (Wildman–Crippen LogP) is 2.71. The van der Waals surface area contributed by atoms with E-state index in [1.165, 1.54) is 5.69 Å². The summed E-state index contributed by atoms with van der Waals surface area (Å²) in [6.07, 6.45) is 0.950. The maximum absolute atomic E-state index is 6.09. The van der Waals surface area contributed by atoms with Gasteiger partial charge in [0.15, 0.2) is 5.96 Å². The Bertz CT molecular complexity index is 540. The second-order valence-electron chi connectivity index (χ2n) is 5.89. The van der Waals surface area contributed by atoms with Crippen LogP contribution >= 0.6 is 35.6 Å². The molecule has 0 amide bonds. The van der Waals surface area contributed by atoms with Gasteiger partial charge in [0, 0.05) is 64.2 Å². The highest BCUT2D eigenvalue weighted by Crippen LogP contribution is 2.20. The summed E-state index contributed by atoms with van der Waals surface area (Å²) < 4.78 is 10.4. The molecule has 2 rings (SSSR count). The average Bonchev–Trinajstić information content (AvgIpc) is 2.64. The monoisotopic (exact) mass is 496 g/mol. The van der Waals surface area contributed by atoms with Crippen LogP contribution in [0.1, 0.15) is 6.42 Å². The topological polar surface area (TPSA) is 49.3 Å². The summed E-state index contributed by atoms with van der Waals surface area (Å²) in [5.41, 5.74) is 1.18.